The number of hydrogen-bond acceptors (Lipinski definition) is 6. The molecule has 4 heterocycles. The van der Waals surface area contributed by atoms with Gasteiger partial charge in [0.05, 0.1) is 6.20 Å². The van der Waals surface area contributed by atoms with Gasteiger partial charge in [-0.05, 0) is 24.6 Å². The van der Waals surface area contributed by atoms with Crippen molar-refractivity contribution < 1.29 is 20.1 Å². The molecule has 0 radical (unpaired) electrons. The highest BCUT2D eigenvalue weighted by atomic mass is 16.6. The van der Waals surface area contributed by atoms with Gasteiger partial charge in [0.1, 0.15) is 30.1 Å². The zero-order chi connectivity index (χ0) is 17.7. The van der Waals surface area contributed by atoms with Crippen LogP contribution in [0.25, 0.3) is 11.0 Å². The van der Waals surface area contributed by atoms with Gasteiger partial charge in [0, 0.05) is 36.6 Å². The summed E-state index contributed by atoms with van der Waals surface area (Å²) in [6, 6.07) is 3.80. The molecule has 1 aliphatic rings. The van der Waals surface area contributed by atoms with E-state index in [1.165, 1.54) is 6.20 Å². The third kappa shape index (κ3) is 2.54. The average molecular weight is 344 g/mol. The van der Waals surface area contributed by atoms with E-state index in [4.69, 9.17) is 4.74 Å². The lowest BCUT2D eigenvalue weighted by molar-refractivity contribution is -0.0848. The van der Waals surface area contributed by atoms with Crippen LogP contribution in [-0.4, -0.2) is 53.0 Å². The minimum absolute atomic E-state index is 0.519. The van der Waals surface area contributed by atoms with Crippen LogP contribution < -0.4 is 0 Å². The molecule has 0 amide bonds. The summed E-state index contributed by atoms with van der Waals surface area (Å²) in [7, 11) is 1.74. The number of nitrogens with zero attached hydrogens (tertiary/aromatic N) is 4. The fourth-order valence-corrected chi connectivity index (χ4v) is 3.36. The van der Waals surface area contributed by atoms with Crippen LogP contribution in [0.1, 0.15) is 23.5 Å². The van der Waals surface area contributed by atoms with Crippen molar-refractivity contribution in [3.05, 3.63) is 48.0 Å². The molecule has 3 aromatic heterocycles. The van der Waals surface area contributed by atoms with Crippen molar-refractivity contribution in [3.8, 4) is 0 Å². The van der Waals surface area contributed by atoms with Crippen LogP contribution in [0.4, 0.5) is 0 Å². The molecule has 25 heavy (non-hydrogen) atoms. The molecule has 5 atom stereocenters. The van der Waals surface area contributed by atoms with E-state index in [1.807, 2.05) is 19.1 Å². The van der Waals surface area contributed by atoms with Gasteiger partial charge in [-0.15, -0.1) is 0 Å². The number of fused-ring (bicyclic) bond motifs is 1. The molecule has 0 spiro atoms. The van der Waals surface area contributed by atoms with E-state index in [1.54, 1.807) is 34.9 Å². The van der Waals surface area contributed by atoms with Crippen molar-refractivity contribution >= 4 is 11.0 Å². The van der Waals surface area contributed by atoms with Crippen LogP contribution in [0, 0.1) is 6.92 Å². The van der Waals surface area contributed by atoms with Crippen molar-refractivity contribution in [3.63, 3.8) is 0 Å². The van der Waals surface area contributed by atoms with E-state index >= 15 is 0 Å². The topological polar surface area (TPSA) is 106 Å². The Bertz CT molecular complexity index is 905. The minimum Gasteiger partial charge on any atom is -0.387 e. The SMILES string of the molecule is Cc1ccnc2c1ccn2C1OC(C(O)c2cnn(C)c2)C(O)C1O. The predicted molar refractivity (Wildman–Crippen MR) is 88.6 cm³/mol. The highest BCUT2D eigenvalue weighted by Crippen LogP contribution is 2.37. The Morgan fingerprint density at radius 3 is 2.76 bits per heavy atom. The maximum atomic E-state index is 10.5. The number of aliphatic hydroxyl groups excluding tert-OH is 3. The third-order valence-electron chi connectivity index (χ3n) is 4.76. The van der Waals surface area contributed by atoms with Gasteiger partial charge in [0.25, 0.3) is 0 Å². The molecular formula is C17H20N4O4. The van der Waals surface area contributed by atoms with Crippen LogP contribution in [-0.2, 0) is 11.8 Å². The molecule has 1 aliphatic heterocycles. The molecule has 3 aromatic rings. The first-order valence-corrected chi connectivity index (χ1v) is 8.07. The number of aromatic nitrogens is 4. The molecule has 8 heteroatoms. The summed E-state index contributed by atoms with van der Waals surface area (Å²) < 4.78 is 9.08. The molecule has 0 aromatic carbocycles. The molecule has 3 N–H and O–H groups in total. The largest absolute Gasteiger partial charge is 0.387 e. The molecule has 132 valence electrons. The van der Waals surface area contributed by atoms with Crippen molar-refractivity contribution in [2.75, 3.05) is 0 Å². The smallest absolute Gasteiger partial charge is 0.164 e. The van der Waals surface area contributed by atoms with E-state index in [0.717, 1.165) is 10.9 Å². The monoisotopic (exact) mass is 344 g/mol. The van der Waals surface area contributed by atoms with Gasteiger partial charge in [-0.1, -0.05) is 0 Å². The second-order valence-electron chi connectivity index (χ2n) is 6.45. The molecule has 5 unspecified atom stereocenters. The first kappa shape index (κ1) is 16.2. The number of pyridine rings is 1. The van der Waals surface area contributed by atoms with Crippen molar-refractivity contribution in [2.45, 2.75) is 37.6 Å². The van der Waals surface area contributed by atoms with Gasteiger partial charge >= 0.3 is 0 Å². The molecular weight excluding hydrogens is 324 g/mol. The van der Waals surface area contributed by atoms with Crippen LogP contribution in [0.5, 0.6) is 0 Å². The normalized spacial score (nSPS) is 27.9. The molecule has 8 nitrogen and oxygen atoms in total. The Morgan fingerprint density at radius 2 is 2.04 bits per heavy atom. The molecule has 1 fully saturated rings. The predicted octanol–water partition coefficient (Wildman–Crippen LogP) is 0.431. The van der Waals surface area contributed by atoms with E-state index in [-0.39, 0.29) is 0 Å². The Morgan fingerprint density at radius 1 is 1.24 bits per heavy atom. The summed E-state index contributed by atoms with van der Waals surface area (Å²) in [5.74, 6) is 0. The second-order valence-corrected chi connectivity index (χ2v) is 6.45. The van der Waals surface area contributed by atoms with Crippen LogP contribution in [0.2, 0.25) is 0 Å². The standard InChI is InChI=1S/C17H20N4O4/c1-9-3-5-18-16-11(9)4-6-21(16)17-14(24)13(23)15(25-17)12(22)10-7-19-20(2)8-10/h3-8,12-15,17,22-24H,1-2H3. The van der Waals surface area contributed by atoms with Gasteiger partial charge in [-0.2, -0.15) is 5.10 Å². The lowest BCUT2D eigenvalue weighted by atomic mass is 10.0. The third-order valence-corrected chi connectivity index (χ3v) is 4.76. The molecule has 4 rings (SSSR count). The fourth-order valence-electron chi connectivity index (χ4n) is 3.36. The van der Waals surface area contributed by atoms with Gasteiger partial charge in [-0.3, -0.25) is 4.68 Å². The summed E-state index contributed by atoms with van der Waals surface area (Å²) in [6.07, 6.45) is 1.30. The number of aliphatic hydroxyl groups is 3. The maximum Gasteiger partial charge on any atom is 0.164 e. The van der Waals surface area contributed by atoms with Crippen LogP contribution >= 0.6 is 0 Å². The maximum absolute atomic E-state index is 10.5. The summed E-state index contributed by atoms with van der Waals surface area (Å²) in [4.78, 5) is 4.35. The quantitative estimate of drug-likeness (QED) is 0.636. The lowest BCUT2D eigenvalue weighted by Crippen LogP contribution is -2.34. The van der Waals surface area contributed by atoms with Crippen molar-refractivity contribution in [2.24, 2.45) is 7.05 Å². The fraction of sp³-hybridized carbons (Fsp3) is 0.412. The Kier molecular flexibility index (Phi) is 3.84. The van der Waals surface area contributed by atoms with Crippen molar-refractivity contribution in [1.29, 1.82) is 0 Å². The van der Waals surface area contributed by atoms with E-state index in [2.05, 4.69) is 10.1 Å². The van der Waals surface area contributed by atoms with Gasteiger partial charge in [-0.25, -0.2) is 4.98 Å². The van der Waals surface area contributed by atoms with E-state index in [0.29, 0.717) is 11.2 Å². The number of hydrogen-bond donors (Lipinski definition) is 3. The summed E-state index contributed by atoms with van der Waals surface area (Å²) in [6.45, 7) is 1.98. The minimum atomic E-state index is -1.23. The molecule has 0 bridgehead atoms. The van der Waals surface area contributed by atoms with E-state index < -0.39 is 30.6 Å². The summed E-state index contributed by atoms with van der Waals surface area (Å²) in [5, 5.41) is 36.4. The van der Waals surface area contributed by atoms with Crippen LogP contribution in [0.15, 0.2) is 36.9 Å². The summed E-state index contributed by atoms with van der Waals surface area (Å²) >= 11 is 0. The van der Waals surface area contributed by atoms with Gasteiger partial charge in [0.15, 0.2) is 6.23 Å². The summed E-state index contributed by atoms with van der Waals surface area (Å²) in [5.41, 5.74) is 2.24. The Labute approximate surface area is 143 Å². The highest BCUT2D eigenvalue weighted by Gasteiger charge is 2.47. The second kappa shape index (κ2) is 5.92. The van der Waals surface area contributed by atoms with Gasteiger partial charge < -0.3 is 24.6 Å². The number of aryl methyl sites for hydroxylation is 2. The van der Waals surface area contributed by atoms with Crippen LogP contribution in [0.3, 0.4) is 0 Å². The zero-order valence-electron chi connectivity index (χ0n) is 13.9. The molecule has 0 saturated carbocycles. The Balaban J connectivity index is 1.66. The number of ether oxygens (including phenoxy) is 1. The van der Waals surface area contributed by atoms with E-state index in [9.17, 15) is 15.3 Å². The lowest BCUT2D eigenvalue weighted by Gasteiger charge is -2.20. The highest BCUT2D eigenvalue weighted by molar-refractivity contribution is 5.79. The van der Waals surface area contributed by atoms with Gasteiger partial charge in [0.2, 0.25) is 0 Å². The average Bonchev–Trinajstić information content (AvgIpc) is 3.27. The Hall–Kier alpha value is -2.26. The van der Waals surface area contributed by atoms with Crippen molar-refractivity contribution in [1.82, 2.24) is 19.3 Å². The zero-order valence-corrected chi connectivity index (χ0v) is 13.9. The molecule has 1 saturated heterocycles. The first-order valence-electron chi connectivity index (χ1n) is 8.07. The number of rotatable bonds is 3. The molecule has 0 aliphatic carbocycles. The first-order chi connectivity index (χ1) is 12.0.